The van der Waals surface area contributed by atoms with E-state index in [4.69, 9.17) is 0 Å². The zero-order chi connectivity index (χ0) is 16.7. The van der Waals surface area contributed by atoms with Crippen LogP contribution in [0.25, 0.3) is 0 Å². The normalized spacial score (nSPS) is 16.0. The second-order valence-electron chi connectivity index (χ2n) is 6.63. The van der Waals surface area contributed by atoms with Crippen LogP contribution in [-0.4, -0.2) is 18.4 Å². The van der Waals surface area contributed by atoms with Crippen molar-refractivity contribution in [1.29, 1.82) is 0 Å². The first kappa shape index (κ1) is 14.9. The average molecular weight is 320 g/mol. The number of benzene rings is 2. The van der Waals surface area contributed by atoms with Gasteiger partial charge in [-0.3, -0.25) is 9.59 Å². The van der Waals surface area contributed by atoms with Crippen LogP contribution >= 0.6 is 0 Å². The molecule has 2 aromatic carbocycles. The monoisotopic (exact) mass is 320 g/mol. The molecule has 1 heterocycles. The Kier molecular flexibility index (Phi) is 3.60. The minimum absolute atomic E-state index is 0.119. The van der Waals surface area contributed by atoms with Gasteiger partial charge in [-0.25, -0.2) is 0 Å². The topological polar surface area (TPSA) is 49.4 Å². The van der Waals surface area contributed by atoms with Crippen LogP contribution < -0.4 is 10.2 Å². The number of hydrogen-bond donors (Lipinski definition) is 1. The molecule has 0 radical (unpaired) electrons. The molecular formula is C20H20N2O2. The smallest absolute Gasteiger partial charge is 0.255 e. The third-order valence-corrected chi connectivity index (χ3v) is 4.82. The van der Waals surface area contributed by atoms with E-state index in [9.17, 15) is 9.59 Å². The quantitative estimate of drug-likeness (QED) is 0.940. The van der Waals surface area contributed by atoms with Crippen LogP contribution in [0.15, 0.2) is 42.5 Å². The fourth-order valence-corrected chi connectivity index (χ4v) is 3.26. The number of anilines is 2. The summed E-state index contributed by atoms with van der Waals surface area (Å²) >= 11 is 0. The molecule has 0 spiro atoms. The highest BCUT2D eigenvalue weighted by Crippen LogP contribution is 2.37. The second kappa shape index (κ2) is 5.78. The van der Waals surface area contributed by atoms with E-state index in [0.717, 1.165) is 42.7 Å². The third-order valence-electron chi connectivity index (χ3n) is 4.82. The largest absolute Gasteiger partial charge is 0.322 e. The average Bonchev–Trinajstić information content (AvgIpc) is 3.34. The zero-order valence-electron chi connectivity index (χ0n) is 13.7. The second-order valence-corrected chi connectivity index (χ2v) is 6.63. The highest BCUT2D eigenvalue weighted by molar-refractivity contribution is 6.06. The van der Waals surface area contributed by atoms with Crippen molar-refractivity contribution in [3.63, 3.8) is 0 Å². The summed E-state index contributed by atoms with van der Waals surface area (Å²) in [4.78, 5) is 26.8. The van der Waals surface area contributed by atoms with Crippen LogP contribution in [0.1, 0.15) is 34.3 Å². The van der Waals surface area contributed by atoms with Crippen LogP contribution in [-0.2, 0) is 11.2 Å². The van der Waals surface area contributed by atoms with E-state index >= 15 is 0 Å². The summed E-state index contributed by atoms with van der Waals surface area (Å²) in [6.45, 7) is 2.67. The molecule has 0 aromatic heterocycles. The third kappa shape index (κ3) is 2.68. The minimum atomic E-state index is -0.119. The van der Waals surface area contributed by atoms with Gasteiger partial charge in [0.05, 0.1) is 0 Å². The summed E-state index contributed by atoms with van der Waals surface area (Å²) in [5.74, 6) is 0.323. The summed E-state index contributed by atoms with van der Waals surface area (Å²) in [6, 6.07) is 13.4. The standard InChI is InChI=1S/C20H20N2O2/c1-13-4-2-3-5-17(13)19(23)21-16-9-8-14-10-11-22(18(14)12-16)20(24)15-6-7-15/h2-5,8-9,12,15H,6-7,10-11H2,1H3,(H,21,23). The lowest BCUT2D eigenvalue weighted by molar-refractivity contribution is -0.119. The number of hydrogen-bond acceptors (Lipinski definition) is 2. The number of aryl methyl sites for hydroxylation is 1. The molecular weight excluding hydrogens is 300 g/mol. The van der Waals surface area contributed by atoms with Gasteiger partial charge in [-0.2, -0.15) is 0 Å². The van der Waals surface area contributed by atoms with Gasteiger partial charge in [-0.15, -0.1) is 0 Å². The van der Waals surface area contributed by atoms with E-state index < -0.39 is 0 Å². The number of carbonyl (C=O) groups is 2. The summed E-state index contributed by atoms with van der Waals surface area (Å²) < 4.78 is 0. The Morgan fingerprint density at radius 3 is 2.67 bits per heavy atom. The SMILES string of the molecule is Cc1ccccc1C(=O)Nc1ccc2c(c1)N(C(=O)C1CC1)CC2. The molecule has 0 unspecified atom stereocenters. The van der Waals surface area contributed by atoms with Gasteiger partial charge in [0, 0.05) is 29.4 Å². The molecule has 0 atom stereocenters. The zero-order valence-corrected chi connectivity index (χ0v) is 13.7. The van der Waals surface area contributed by atoms with Gasteiger partial charge >= 0.3 is 0 Å². The molecule has 2 amide bonds. The van der Waals surface area contributed by atoms with Gasteiger partial charge in [0.2, 0.25) is 5.91 Å². The molecule has 24 heavy (non-hydrogen) atoms. The number of amides is 2. The van der Waals surface area contributed by atoms with Gasteiger partial charge in [0.25, 0.3) is 5.91 Å². The van der Waals surface area contributed by atoms with E-state index in [2.05, 4.69) is 5.32 Å². The number of fused-ring (bicyclic) bond motifs is 1. The van der Waals surface area contributed by atoms with Crippen molar-refractivity contribution < 1.29 is 9.59 Å². The van der Waals surface area contributed by atoms with Gasteiger partial charge in [-0.1, -0.05) is 24.3 Å². The number of nitrogens with zero attached hydrogens (tertiary/aromatic N) is 1. The molecule has 1 aliphatic carbocycles. The predicted molar refractivity (Wildman–Crippen MR) is 94.4 cm³/mol. The molecule has 0 saturated heterocycles. The van der Waals surface area contributed by atoms with Crippen LogP contribution in [0.5, 0.6) is 0 Å². The first-order valence-electron chi connectivity index (χ1n) is 8.45. The van der Waals surface area contributed by atoms with E-state index in [0.29, 0.717) is 5.56 Å². The van der Waals surface area contributed by atoms with Crippen molar-refractivity contribution in [1.82, 2.24) is 0 Å². The number of carbonyl (C=O) groups excluding carboxylic acids is 2. The van der Waals surface area contributed by atoms with Crippen molar-refractivity contribution in [2.24, 2.45) is 5.92 Å². The van der Waals surface area contributed by atoms with Gasteiger partial charge in [-0.05, 0) is 55.5 Å². The van der Waals surface area contributed by atoms with E-state index in [1.165, 1.54) is 5.56 Å². The van der Waals surface area contributed by atoms with E-state index in [1.807, 2.05) is 54.3 Å². The molecule has 2 aliphatic rings. The lowest BCUT2D eigenvalue weighted by Gasteiger charge is -2.18. The molecule has 2 aromatic rings. The fraction of sp³-hybridized carbons (Fsp3) is 0.300. The van der Waals surface area contributed by atoms with Crippen LogP contribution in [0.4, 0.5) is 11.4 Å². The Bertz CT molecular complexity index is 824. The maximum atomic E-state index is 12.5. The van der Waals surface area contributed by atoms with E-state index in [1.54, 1.807) is 0 Å². The molecule has 1 saturated carbocycles. The molecule has 1 fully saturated rings. The molecule has 4 nitrogen and oxygen atoms in total. The van der Waals surface area contributed by atoms with Gasteiger partial charge in [0.1, 0.15) is 0 Å². The lowest BCUT2D eigenvalue weighted by Crippen LogP contribution is -2.30. The maximum Gasteiger partial charge on any atom is 0.255 e. The van der Waals surface area contributed by atoms with Crippen molar-refractivity contribution in [3.8, 4) is 0 Å². The van der Waals surface area contributed by atoms with Gasteiger partial charge in [0.15, 0.2) is 0 Å². The van der Waals surface area contributed by atoms with Crippen LogP contribution in [0.2, 0.25) is 0 Å². The maximum absolute atomic E-state index is 12.5. The number of rotatable bonds is 3. The first-order valence-corrected chi connectivity index (χ1v) is 8.45. The summed E-state index contributed by atoms with van der Waals surface area (Å²) in [5, 5.41) is 2.96. The minimum Gasteiger partial charge on any atom is -0.322 e. The number of nitrogens with one attached hydrogen (secondary N) is 1. The summed E-state index contributed by atoms with van der Waals surface area (Å²) in [7, 11) is 0. The molecule has 4 heteroatoms. The molecule has 0 bridgehead atoms. The lowest BCUT2D eigenvalue weighted by atomic mass is 10.1. The molecule has 122 valence electrons. The van der Waals surface area contributed by atoms with Crippen molar-refractivity contribution in [2.45, 2.75) is 26.2 Å². The molecule has 1 N–H and O–H groups in total. The summed E-state index contributed by atoms with van der Waals surface area (Å²) in [5.41, 5.74) is 4.48. The van der Waals surface area contributed by atoms with E-state index in [-0.39, 0.29) is 17.7 Å². The Morgan fingerprint density at radius 1 is 1.12 bits per heavy atom. The highest BCUT2D eigenvalue weighted by Gasteiger charge is 2.36. The van der Waals surface area contributed by atoms with Crippen molar-refractivity contribution in [3.05, 3.63) is 59.2 Å². The molecule has 4 rings (SSSR count). The first-order chi connectivity index (χ1) is 11.6. The van der Waals surface area contributed by atoms with Crippen LogP contribution in [0, 0.1) is 12.8 Å². The Labute approximate surface area is 141 Å². The summed E-state index contributed by atoms with van der Waals surface area (Å²) in [6.07, 6.45) is 2.91. The van der Waals surface area contributed by atoms with Crippen molar-refractivity contribution >= 4 is 23.2 Å². The Balaban J connectivity index is 1.57. The predicted octanol–water partition coefficient (Wildman–Crippen LogP) is 3.55. The molecule has 1 aliphatic heterocycles. The van der Waals surface area contributed by atoms with Gasteiger partial charge < -0.3 is 10.2 Å². The Hall–Kier alpha value is -2.62. The van der Waals surface area contributed by atoms with Crippen LogP contribution in [0.3, 0.4) is 0 Å². The Morgan fingerprint density at radius 2 is 1.92 bits per heavy atom. The van der Waals surface area contributed by atoms with Crippen molar-refractivity contribution in [2.75, 3.05) is 16.8 Å². The highest BCUT2D eigenvalue weighted by atomic mass is 16.2. The fourth-order valence-electron chi connectivity index (χ4n) is 3.26.